The molecule has 236 valence electrons. The maximum absolute atomic E-state index is 14.2. The van der Waals surface area contributed by atoms with E-state index >= 15 is 0 Å². The molecule has 3 heterocycles. The Hall–Kier alpha value is -5.32. The van der Waals surface area contributed by atoms with Crippen LogP contribution in [0.15, 0.2) is 85.1 Å². The Bertz CT molecular complexity index is 1740. The molecule has 1 aromatic heterocycles. The van der Waals surface area contributed by atoms with Crippen LogP contribution in [0.5, 0.6) is 0 Å². The molecule has 0 spiro atoms. The van der Waals surface area contributed by atoms with E-state index in [-0.39, 0.29) is 56.7 Å². The van der Waals surface area contributed by atoms with Crippen LogP contribution >= 0.6 is 0 Å². The first-order valence-corrected chi connectivity index (χ1v) is 15.6. The number of fused-ring (bicyclic) bond motifs is 3. The maximum atomic E-state index is 14.2. The van der Waals surface area contributed by atoms with Crippen molar-refractivity contribution in [1.29, 1.82) is 0 Å². The molecule has 2 N–H and O–H groups in total. The van der Waals surface area contributed by atoms with Gasteiger partial charge in [-0.25, -0.2) is 0 Å². The molecule has 2 atom stereocenters. The van der Waals surface area contributed by atoms with Gasteiger partial charge in [0.1, 0.15) is 17.8 Å². The van der Waals surface area contributed by atoms with Crippen molar-refractivity contribution in [3.8, 4) is 11.1 Å². The van der Waals surface area contributed by atoms with Gasteiger partial charge in [0.15, 0.2) is 0 Å². The van der Waals surface area contributed by atoms with Crippen LogP contribution in [0.1, 0.15) is 40.0 Å². The van der Waals surface area contributed by atoms with E-state index in [1.54, 1.807) is 21.8 Å². The Morgan fingerprint density at radius 1 is 0.935 bits per heavy atom. The van der Waals surface area contributed by atoms with Crippen molar-refractivity contribution in [1.82, 2.24) is 35.4 Å². The SMILES string of the molecule is Cc1ccccc1-c1cccc(C(=O)N2CCN3C(=O)[C@H](Cc4ccccc4)NC(=O)CCCn4cc(nn4)CNC(=O)[C@H]3C2)c1. The van der Waals surface area contributed by atoms with E-state index in [9.17, 15) is 19.2 Å². The van der Waals surface area contributed by atoms with Crippen LogP contribution in [0.3, 0.4) is 0 Å². The maximum Gasteiger partial charge on any atom is 0.254 e. The lowest BCUT2D eigenvalue weighted by Gasteiger charge is -2.42. The van der Waals surface area contributed by atoms with Crippen molar-refractivity contribution in [2.24, 2.45) is 0 Å². The molecular formula is C35H37N7O4. The number of hydrogen-bond acceptors (Lipinski definition) is 6. The molecule has 4 aromatic rings. The highest BCUT2D eigenvalue weighted by Gasteiger charge is 2.40. The minimum absolute atomic E-state index is 0.00366. The fraction of sp³-hybridized carbons (Fsp3) is 0.314. The predicted octanol–water partition coefficient (Wildman–Crippen LogP) is 2.74. The second-order valence-electron chi connectivity index (χ2n) is 11.8. The molecule has 4 amide bonds. The Balaban J connectivity index is 1.28. The summed E-state index contributed by atoms with van der Waals surface area (Å²) in [6, 6.07) is 23.1. The van der Waals surface area contributed by atoms with Gasteiger partial charge in [-0.3, -0.25) is 23.9 Å². The van der Waals surface area contributed by atoms with Gasteiger partial charge < -0.3 is 20.4 Å². The lowest BCUT2D eigenvalue weighted by molar-refractivity contribution is -0.146. The van der Waals surface area contributed by atoms with Gasteiger partial charge in [-0.05, 0) is 47.7 Å². The average molecular weight is 620 g/mol. The van der Waals surface area contributed by atoms with Crippen LogP contribution in [0.4, 0.5) is 0 Å². The molecule has 6 rings (SSSR count). The fourth-order valence-corrected chi connectivity index (χ4v) is 6.10. The molecule has 2 bridgehead atoms. The molecule has 0 aliphatic carbocycles. The van der Waals surface area contributed by atoms with E-state index in [1.165, 1.54) is 4.90 Å². The molecule has 11 heteroatoms. The third-order valence-electron chi connectivity index (χ3n) is 8.56. The predicted molar refractivity (Wildman–Crippen MR) is 171 cm³/mol. The molecule has 2 aliphatic rings. The summed E-state index contributed by atoms with van der Waals surface area (Å²) in [5.74, 6) is -1.24. The first-order valence-electron chi connectivity index (χ1n) is 15.6. The zero-order valence-electron chi connectivity index (χ0n) is 25.8. The summed E-state index contributed by atoms with van der Waals surface area (Å²) in [4.78, 5) is 58.0. The second kappa shape index (κ2) is 13.8. The van der Waals surface area contributed by atoms with Crippen molar-refractivity contribution in [2.45, 2.75) is 51.4 Å². The van der Waals surface area contributed by atoms with E-state index in [0.29, 0.717) is 24.2 Å². The van der Waals surface area contributed by atoms with Crippen molar-refractivity contribution in [3.05, 3.63) is 107 Å². The van der Waals surface area contributed by atoms with Crippen LogP contribution in [0, 0.1) is 6.92 Å². The molecule has 2 aliphatic heterocycles. The van der Waals surface area contributed by atoms with Crippen LogP contribution in [0.25, 0.3) is 11.1 Å². The smallest absolute Gasteiger partial charge is 0.254 e. The van der Waals surface area contributed by atoms with Gasteiger partial charge in [0.2, 0.25) is 17.7 Å². The largest absolute Gasteiger partial charge is 0.348 e. The van der Waals surface area contributed by atoms with E-state index in [1.807, 2.05) is 79.7 Å². The van der Waals surface area contributed by atoms with Crippen molar-refractivity contribution < 1.29 is 19.2 Å². The summed E-state index contributed by atoms with van der Waals surface area (Å²) in [6.07, 6.45) is 2.73. The highest BCUT2D eigenvalue weighted by molar-refractivity contribution is 5.97. The van der Waals surface area contributed by atoms with Crippen molar-refractivity contribution >= 4 is 23.6 Å². The fourth-order valence-electron chi connectivity index (χ4n) is 6.10. The number of nitrogens with zero attached hydrogens (tertiary/aromatic N) is 5. The van der Waals surface area contributed by atoms with Gasteiger partial charge in [-0.2, -0.15) is 0 Å². The molecule has 0 unspecified atom stereocenters. The number of carbonyl (C=O) groups is 4. The summed E-state index contributed by atoms with van der Waals surface area (Å²) in [7, 11) is 0. The van der Waals surface area contributed by atoms with Gasteiger partial charge in [0.05, 0.1) is 19.3 Å². The van der Waals surface area contributed by atoms with E-state index in [4.69, 9.17) is 0 Å². The molecule has 1 fully saturated rings. The molecule has 11 nitrogen and oxygen atoms in total. The van der Waals surface area contributed by atoms with Gasteiger partial charge in [-0.15, -0.1) is 5.10 Å². The normalized spacial score (nSPS) is 19.4. The van der Waals surface area contributed by atoms with E-state index in [2.05, 4.69) is 20.9 Å². The third-order valence-corrected chi connectivity index (χ3v) is 8.56. The molecular weight excluding hydrogens is 582 g/mol. The number of hydrogen-bond donors (Lipinski definition) is 2. The summed E-state index contributed by atoms with van der Waals surface area (Å²) in [5.41, 5.74) is 5.02. The van der Waals surface area contributed by atoms with Crippen molar-refractivity contribution in [3.63, 3.8) is 0 Å². The Morgan fingerprint density at radius 3 is 2.57 bits per heavy atom. The zero-order chi connectivity index (χ0) is 32.0. The Labute approximate surface area is 267 Å². The molecule has 0 radical (unpaired) electrons. The highest BCUT2D eigenvalue weighted by Crippen LogP contribution is 2.25. The first-order chi connectivity index (χ1) is 22.4. The van der Waals surface area contributed by atoms with Crippen LogP contribution in [0.2, 0.25) is 0 Å². The van der Waals surface area contributed by atoms with Gasteiger partial charge in [-0.1, -0.05) is 71.9 Å². The number of piperazine rings is 1. The molecule has 3 aromatic carbocycles. The minimum Gasteiger partial charge on any atom is -0.348 e. The summed E-state index contributed by atoms with van der Waals surface area (Å²) >= 11 is 0. The third kappa shape index (κ3) is 6.98. The average Bonchev–Trinajstić information content (AvgIpc) is 3.54. The minimum atomic E-state index is -0.972. The molecule has 46 heavy (non-hydrogen) atoms. The number of carbonyl (C=O) groups excluding carboxylic acids is 4. The number of amides is 4. The lowest BCUT2D eigenvalue weighted by atomic mass is 9.98. The number of aromatic nitrogens is 3. The van der Waals surface area contributed by atoms with Gasteiger partial charge in [0, 0.05) is 38.0 Å². The molecule has 0 saturated carbocycles. The lowest BCUT2D eigenvalue weighted by Crippen LogP contribution is -2.64. The van der Waals surface area contributed by atoms with E-state index < -0.39 is 18.0 Å². The summed E-state index contributed by atoms with van der Waals surface area (Å²) < 4.78 is 1.64. The number of aryl methyl sites for hydroxylation is 2. The number of nitrogens with one attached hydrogen (secondary N) is 2. The standard InChI is InChI=1S/C35H37N7O4/c1-24-9-5-6-14-29(24)26-12-7-13-27(20-26)34(45)40-17-18-42-31(23-40)33(44)36-21-28-22-41(39-38-28)16-8-15-32(43)37-30(35(42)46)19-25-10-3-2-4-11-25/h2-7,9-14,20,22,30-31H,8,15-19,21,23H2,1H3,(H,36,44)(H,37,43)/t30-,31+/m0/s1. The summed E-state index contributed by atoms with van der Waals surface area (Å²) in [6.45, 7) is 3.00. The second-order valence-corrected chi connectivity index (χ2v) is 11.8. The summed E-state index contributed by atoms with van der Waals surface area (Å²) in [5, 5.41) is 14.1. The molecule has 1 saturated heterocycles. The highest BCUT2D eigenvalue weighted by atomic mass is 16.2. The van der Waals surface area contributed by atoms with Crippen LogP contribution in [-0.4, -0.2) is 80.1 Å². The Kier molecular flexibility index (Phi) is 9.18. The van der Waals surface area contributed by atoms with Gasteiger partial charge >= 0.3 is 0 Å². The number of benzene rings is 3. The van der Waals surface area contributed by atoms with Crippen LogP contribution < -0.4 is 10.6 Å². The monoisotopic (exact) mass is 619 g/mol. The van der Waals surface area contributed by atoms with Crippen molar-refractivity contribution in [2.75, 3.05) is 19.6 Å². The zero-order valence-corrected chi connectivity index (χ0v) is 25.8. The first kappa shape index (κ1) is 30.7. The van der Waals surface area contributed by atoms with Gasteiger partial charge in [0.25, 0.3) is 5.91 Å². The van der Waals surface area contributed by atoms with Crippen LogP contribution in [-0.2, 0) is 33.9 Å². The Morgan fingerprint density at radius 2 is 1.74 bits per heavy atom. The van der Waals surface area contributed by atoms with E-state index in [0.717, 1.165) is 22.3 Å². The quantitative estimate of drug-likeness (QED) is 0.362. The number of rotatable bonds is 4. The topological polar surface area (TPSA) is 130 Å².